The second kappa shape index (κ2) is 7.01. The summed E-state index contributed by atoms with van der Waals surface area (Å²) >= 11 is 0. The van der Waals surface area contributed by atoms with E-state index in [4.69, 9.17) is 5.73 Å². The van der Waals surface area contributed by atoms with E-state index in [2.05, 4.69) is 39.1 Å². The molecular weight excluding hydrogens is 248 g/mol. The standard InChI is InChI=1S/C16H22N4/c1-13-11-15(12-17)19-16(18-13)20(2)10-6-9-14-7-4-3-5-8-14/h3-5,7-8,11H,6,9-10,12,17H2,1-2H3. The maximum atomic E-state index is 5.66. The van der Waals surface area contributed by atoms with Gasteiger partial charge in [-0.15, -0.1) is 0 Å². The summed E-state index contributed by atoms with van der Waals surface area (Å²) in [7, 11) is 2.03. The summed E-state index contributed by atoms with van der Waals surface area (Å²) in [5, 5.41) is 0. The van der Waals surface area contributed by atoms with E-state index in [0.29, 0.717) is 6.54 Å². The van der Waals surface area contributed by atoms with Crippen molar-refractivity contribution in [2.75, 3.05) is 18.5 Å². The average Bonchev–Trinajstić information content (AvgIpc) is 2.47. The van der Waals surface area contributed by atoms with E-state index in [1.165, 1.54) is 5.56 Å². The Morgan fingerprint density at radius 2 is 1.90 bits per heavy atom. The van der Waals surface area contributed by atoms with Gasteiger partial charge in [0.05, 0.1) is 5.69 Å². The predicted octanol–water partition coefficient (Wildman–Crippen LogP) is 2.31. The minimum absolute atomic E-state index is 0.453. The highest BCUT2D eigenvalue weighted by Gasteiger charge is 2.06. The Kier molecular flexibility index (Phi) is 5.07. The molecule has 0 radical (unpaired) electrons. The Labute approximate surface area is 120 Å². The number of benzene rings is 1. The zero-order valence-electron chi connectivity index (χ0n) is 12.2. The first-order chi connectivity index (χ1) is 9.69. The highest BCUT2D eigenvalue weighted by Crippen LogP contribution is 2.10. The second-order valence-electron chi connectivity index (χ2n) is 5.02. The number of hydrogen-bond acceptors (Lipinski definition) is 4. The second-order valence-corrected chi connectivity index (χ2v) is 5.02. The minimum Gasteiger partial charge on any atom is -0.344 e. The first-order valence-corrected chi connectivity index (χ1v) is 6.98. The fraction of sp³-hybridized carbons (Fsp3) is 0.375. The molecule has 0 amide bonds. The van der Waals surface area contributed by atoms with Crippen LogP contribution in [0.4, 0.5) is 5.95 Å². The van der Waals surface area contributed by atoms with E-state index in [1.807, 2.05) is 26.1 Å². The van der Waals surface area contributed by atoms with Crippen molar-refractivity contribution < 1.29 is 0 Å². The first-order valence-electron chi connectivity index (χ1n) is 6.98. The Bertz CT molecular complexity index is 539. The van der Waals surface area contributed by atoms with Gasteiger partial charge in [0.25, 0.3) is 0 Å². The molecule has 2 N–H and O–H groups in total. The van der Waals surface area contributed by atoms with Gasteiger partial charge in [0.1, 0.15) is 0 Å². The zero-order valence-corrected chi connectivity index (χ0v) is 12.2. The summed E-state index contributed by atoms with van der Waals surface area (Å²) in [6.07, 6.45) is 2.15. The Morgan fingerprint density at radius 3 is 2.60 bits per heavy atom. The summed E-state index contributed by atoms with van der Waals surface area (Å²) in [5.41, 5.74) is 8.88. The average molecular weight is 270 g/mol. The molecule has 0 fully saturated rings. The van der Waals surface area contributed by atoms with Crippen molar-refractivity contribution in [3.63, 3.8) is 0 Å². The summed E-state index contributed by atoms with van der Waals surface area (Å²) in [4.78, 5) is 11.0. The molecule has 0 aliphatic carbocycles. The number of hydrogen-bond donors (Lipinski definition) is 1. The van der Waals surface area contributed by atoms with Gasteiger partial charge in [0, 0.05) is 25.8 Å². The molecular formula is C16H22N4. The molecule has 0 aliphatic heterocycles. The number of aryl methyl sites for hydroxylation is 2. The fourth-order valence-corrected chi connectivity index (χ4v) is 2.16. The highest BCUT2D eigenvalue weighted by molar-refractivity contribution is 5.31. The summed E-state index contributed by atoms with van der Waals surface area (Å²) in [6.45, 7) is 3.36. The van der Waals surface area contributed by atoms with Gasteiger partial charge < -0.3 is 10.6 Å². The van der Waals surface area contributed by atoms with Gasteiger partial charge >= 0.3 is 0 Å². The number of anilines is 1. The van der Waals surface area contributed by atoms with Crippen molar-refractivity contribution in [2.45, 2.75) is 26.3 Å². The minimum atomic E-state index is 0.453. The third-order valence-electron chi connectivity index (χ3n) is 3.25. The van der Waals surface area contributed by atoms with E-state index in [-0.39, 0.29) is 0 Å². The normalized spacial score (nSPS) is 10.6. The van der Waals surface area contributed by atoms with Crippen molar-refractivity contribution in [3.8, 4) is 0 Å². The molecule has 4 nitrogen and oxygen atoms in total. The van der Waals surface area contributed by atoms with E-state index in [9.17, 15) is 0 Å². The third-order valence-corrected chi connectivity index (χ3v) is 3.25. The van der Waals surface area contributed by atoms with E-state index < -0.39 is 0 Å². The lowest BCUT2D eigenvalue weighted by molar-refractivity contribution is 0.758. The maximum absolute atomic E-state index is 5.66. The smallest absolute Gasteiger partial charge is 0.225 e. The van der Waals surface area contributed by atoms with Crippen LogP contribution >= 0.6 is 0 Å². The van der Waals surface area contributed by atoms with Gasteiger partial charge in [-0.3, -0.25) is 0 Å². The van der Waals surface area contributed by atoms with Crippen molar-refractivity contribution in [2.24, 2.45) is 5.73 Å². The van der Waals surface area contributed by atoms with Gasteiger partial charge in [0.15, 0.2) is 0 Å². The molecule has 20 heavy (non-hydrogen) atoms. The van der Waals surface area contributed by atoms with Gasteiger partial charge in [-0.2, -0.15) is 0 Å². The number of aromatic nitrogens is 2. The van der Waals surface area contributed by atoms with Crippen LogP contribution in [0.2, 0.25) is 0 Å². The Hall–Kier alpha value is -1.94. The highest BCUT2D eigenvalue weighted by atomic mass is 15.2. The van der Waals surface area contributed by atoms with E-state index in [0.717, 1.165) is 36.7 Å². The van der Waals surface area contributed by atoms with Crippen LogP contribution in [0, 0.1) is 6.92 Å². The van der Waals surface area contributed by atoms with Crippen molar-refractivity contribution in [1.29, 1.82) is 0 Å². The quantitative estimate of drug-likeness (QED) is 0.875. The lowest BCUT2D eigenvalue weighted by atomic mass is 10.1. The fourth-order valence-electron chi connectivity index (χ4n) is 2.16. The van der Waals surface area contributed by atoms with Crippen LogP contribution in [0.3, 0.4) is 0 Å². The largest absolute Gasteiger partial charge is 0.344 e. The summed E-state index contributed by atoms with van der Waals surface area (Å²) < 4.78 is 0. The predicted molar refractivity (Wildman–Crippen MR) is 82.7 cm³/mol. The van der Waals surface area contributed by atoms with Crippen molar-refractivity contribution >= 4 is 5.95 Å². The topological polar surface area (TPSA) is 55.0 Å². The molecule has 1 heterocycles. The third kappa shape index (κ3) is 4.03. The lowest BCUT2D eigenvalue weighted by Gasteiger charge is -2.18. The Morgan fingerprint density at radius 1 is 1.15 bits per heavy atom. The van der Waals surface area contributed by atoms with E-state index in [1.54, 1.807) is 0 Å². The number of rotatable bonds is 6. The van der Waals surface area contributed by atoms with Crippen LogP contribution in [0.1, 0.15) is 23.4 Å². The molecule has 1 aromatic heterocycles. The maximum Gasteiger partial charge on any atom is 0.225 e. The first kappa shape index (κ1) is 14.5. The zero-order chi connectivity index (χ0) is 14.4. The number of nitrogens with zero attached hydrogens (tertiary/aromatic N) is 3. The molecule has 0 unspecified atom stereocenters. The molecule has 0 aliphatic rings. The molecule has 0 spiro atoms. The van der Waals surface area contributed by atoms with Crippen LogP contribution in [0.25, 0.3) is 0 Å². The monoisotopic (exact) mass is 270 g/mol. The van der Waals surface area contributed by atoms with Gasteiger partial charge in [-0.05, 0) is 31.4 Å². The summed E-state index contributed by atoms with van der Waals surface area (Å²) in [5.74, 6) is 0.763. The summed E-state index contributed by atoms with van der Waals surface area (Å²) in [6, 6.07) is 12.5. The Balaban J connectivity index is 1.91. The lowest BCUT2D eigenvalue weighted by Crippen LogP contribution is -2.22. The van der Waals surface area contributed by atoms with Crippen LogP contribution in [-0.4, -0.2) is 23.6 Å². The van der Waals surface area contributed by atoms with E-state index >= 15 is 0 Å². The molecule has 0 bridgehead atoms. The molecule has 4 heteroatoms. The molecule has 2 rings (SSSR count). The van der Waals surface area contributed by atoms with Gasteiger partial charge in [-0.25, -0.2) is 9.97 Å². The van der Waals surface area contributed by atoms with Crippen LogP contribution in [-0.2, 0) is 13.0 Å². The molecule has 1 aromatic carbocycles. The van der Waals surface area contributed by atoms with Crippen LogP contribution < -0.4 is 10.6 Å². The van der Waals surface area contributed by atoms with Crippen LogP contribution in [0.15, 0.2) is 36.4 Å². The molecule has 0 saturated carbocycles. The van der Waals surface area contributed by atoms with Crippen molar-refractivity contribution in [3.05, 3.63) is 53.3 Å². The molecule has 0 atom stereocenters. The van der Waals surface area contributed by atoms with Crippen molar-refractivity contribution in [1.82, 2.24) is 9.97 Å². The van der Waals surface area contributed by atoms with Gasteiger partial charge in [-0.1, -0.05) is 30.3 Å². The molecule has 2 aromatic rings. The van der Waals surface area contributed by atoms with Gasteiger partial charge in [0.2, 0.25) is 5.95 Å². The molecule has 106 valence electrons. The number of nitrogens with two attached hydrogens (primary N) is 1. The SMILES string of the molecule is Cc1cc(CN)nc(N(C)CCCc2ccccc2)n1. The van der Waals surface area contributed by atoms with Crippen LogP contribution in [0.5, 0.6) is 0 Å². The molecule has 0 saturated heterocycles.